The molecule has 0 unspecified atom stereocenters. The number of carbonyl (C=O) groups excluding carboxylic acids is 1. The van der Waals surface area contributed by atoms with Gasteiger partial charge in [0.2, 0.25) is 0 Å². The van der Waals surface area contributed by atoms with Gasteiger partial charge in [-0.25, -0.2) is 18.7 Å². The lowest BCUT2D eigenvalue weighted by Gasteiger charge is -2.15. The van der Waals surface area contributed by atoms with Crippen molar-refractivity contribution in [2.24, 2.45) is 0 Å². The zero-order valence-electron chi connectivity index (χ0n) is 20.0. The van der Waals surface area contributed by atoms with Crippen molar-refractivity contribution >= 4 is 34.5 Å². The zero-order chi connectivity index (χ0) is 26.5. The lowest BCUT2D eigenvalue weighted by Crippen LogP contribution is -2.26. The lowest BCUT2D eigenvalue weighted by atomic mass is 10.0. The Morgan fingerprint density at radius 2 is 1.70 bits per heavy atom. The van der Waals surface area contributed by atoms with Gasteiger partial charge in [-0.1, -0.05) is 29.8 Å². The molecule has 0 saturated carbocycles. The third-order valence-corrected chi connectivity index (χ3v) is 6.21. The van der Waals surface area contributed by atoms with E-state index < -0.39 is 29.6 Å². The van der Waals surface area contributed by atoms with Crippen molar-refractivity contribution in [1.29, 1.82) is 0 Å². The normalized spacial score (nSPS) is 11.9. The maximum absolute atomic E-state index is 13.6. The van der Waals surface area contributed by atoms with Crippen LogP contribution in [0.1, 0.15) is 53.8 Å². The Kier molecular flexibility index (Phi) is 8.08. The number of nitrogens with one attached hydrogen (secondary N) is 1. The highest BCUT2D eigenvalue weighted by atomic mass is 35.5. The van der Waals surface area contributed by atoms with Crippen molar-refractivity contribution in [2.45, 2.75) is 38.6 Å². The Labute approximate surface area is 217 Å². The van der Waals surface area contributed by atoms with E-state index in [1.165, 1.54) is 6.07 Å². The van der Waals surface area contributed by atoms with Crippen molar-refractivity contribution in [3.05, 3.63) is 94.1 Å². The van der Waals surface area contributed by atoms with Gasteiger partial charge in [-0.05, 0) is 74.2 Å². The number of carboxylic acids is 1. The predicted molar refractivity (Wildman–Crippen MR) is 137 cm³/mol. The molecule has 1 heterocycles. The molecule has 0 radical (unpaired) electrons. The molecule has 2 N–H and O–H groups in total. The van der Waals surface area contributed by atoms with Crippen LogP contribution in [-0.4, -0.2) is 27.0 Å². The molecular formula is C28H24ClF2N3O3. The van der Waals surface area contributed by atoms with E-state index >= 15 is 0 Å². The number of carboxylic acid groups (broad SMARTS) is 1. The highest BCUT2D eigenvalue weighted by Crippen LogP contribution is 2.27. The number of hydrogen-bond donors (Lipinski definition) is 2. The summed E-state index contributed by atoms with van der Waals surface area (Å²) in [5.74, 6) is -3.18. The number of aryl methyl sites for hydroxylation is 1. The molecule has 9 heteroatoms. The van der Waals surface area contributed by atoms with Crippen molar-refractivity contribution in [3.63, 3.8) is 0 Å². The summed E-state index contributed by atoms with van der Waals surface area (Å²) < 4.78 is 26.9. The number of halogens is 3. The van der Waals surface area contributed by atoms with Crippen molar-refractivity contribution < 1.29 is 23.5 Å². The lowest BCUT2D eigenvalue weighted by molar-refractivity contribution is -0.137. The summed E-state index contributed by atoms with van der Waals surface area (Å²) in [4.78, 5) is 33.4. The molecule has 1 amide bonds. The standard InChI is InChI=1S/C28H24ClF2N3O3/c1-16(18-8-12-21(30)22(31)14-18)32-28(37)19-9-13-23-25(15-19)33-24(4-2-3-5-26(35)36)27(34-23)17-6-10-20(29)11-7-17/h6-16H,2-5H2,1H3,(H,32,37)(H,35,36)/t16-/m1/s1. The molecule has 0 fully saturated rings. The summed E-state index contributed by atoms with van der Waals surface area (Å²) in [7, 11) is 0. The number of amides is 1. The van der Waals surface area contributed by atoms with Gasteiger partial charge >= 0.3 is 5.97 Å². The molecule has 6 nitrogen and oxygen atoms in total. The first-order valence-corrected chi connectivity index (χ1v) is 12.1. The molecule has 4 aromatic rings. The summed E-state index contributed by atoms with van der Waals surface area (Å²) in [5, 5.41) is 12.3. The fourth-order valence-corrected chi connectivity index (χ4v) is 4.09. The Bertz CT molecular complexity index is 1460. The average molecular weight is 524 g/mol. The van der Waals surface area contributed by atoms with Crippen molar-refractivity contribution in [3.8, 4) is 11.3 Å². The Morgan fingerprint density at radius 3 is 2.41 bits per heavy atom. The average Bonchev–Trinajstić information content (AvgIpc) is 2.87. The summed E-state index contributed by atoms with van der Waals surface area (Å²) in [6.07, 6.45) is 1.69. The van der Waals surface area contributed by atoms with E-state index in [0.29, 0.717) is 57.8 Å². The number of carbonyl (C=O) groups is 2. The summed E-state index contributed by atoms with van der Waals surface area (Å²) in [6.45, 7) is 1.68. The van der Waals surface area contributed by atoms with Gasteiger partial charge in [-0.2, -0.15) is 0 Å². The second kappa shape index (κ2) is 11.4. The number of hydrogen-bond acceptors (Lipinski definition) is 4. The fourth-order valence-electron chi connectivity index (χ4n) is 3.96. The minimum Gasteiger partial charge on any atom is -0.481 e. The highest BCUT2D eigenvalue weighted by Gasteiger charge is 2.16. The van der Waals surface area contributed by atoms with Gasteiger partial charge in [0, 0.05) is 22.6 Å². The molecule has 0 aliphatic heterocycles. The van der Waals surface area contributed by atoms with Gasteiger partial charge in [0.25, 0.3) is 5.91 Å². The summed E-state index contributed by atoms with van der Waals surface area (Å²) in [6, 6.07) is 15.1. The van der Waals surface area contributed by atoms with Gasteiger partial charge in [0.15, 0.2) is 11.6 Å². The molecule has 1 aromatic heterocycles. The number of benzene rings is 3. The first-order chi connectivity index (χ1) is 17.7. The zero-order valence-corrected chi connectivity index (χ0v) is 20.7. The van der Waals surface area contributed by atoms with Gasteiger partial charge in [-0.15, -0.1) is 0 Å². The largest absolute Gasteiger partial charge is 0.481 e. The van der Waals surface area contributed by atoms with E-state index in [1.807, 2.05) is 12.1 Å². The molecule has 1 atom stereocenters. The van der Waals surface area contributed by atoms with Gasteiger partial charge in [0.05, 0.1) is 28.5 Å². The first-order valence-electron chi connectivity index (χ1n) is 11.8. The van der Waals surface area contributed by atoms with Crippen LogP contribution >= 0.6 is 11.6 Å². The number of unbranched alkanes of at least 4 members (excludes halogenated alkanes) is 1. The smallest absolute Gasteiger partial charge is 0.303 e. The fraction of sp³-hybridized carbons (Fsp3) is 0.214. The minimum absolute atomic E-state index is 0.0672. The molecule has 4 rings (SSSR count). The minimum atomic E-state index is -0.980. The van der Waals surface area contributed by atoms with Crippen LogP contribution in [0.5, 0.6) is 0 Å². The van der Waals surface area contributed by atoms with E-state index in [-0.39, 0.29) is 6.42 Å². The Morgan fingerprint density at radius 1 is 0.946 bits per heavy atom. The first kappa shape index (κ1) is 26.2. The predicted octanol–water partition coefficient (Wildman–Crippen LogP) is 6.52. The van der Waals surface area contributed by atoms with Crippen LogP contribution in [-0.2, 0) is 11.2 Å². The number of nitrogens with zero attached hydrogens (tertiary/aromatic N) is 2. The van der Waals surface area contributed by atoms with Crippen LogP contribution in [0.2, 0.25) is 5.02 Å². The quantitative estimate of drug-likeness (QED) is 0.244. The number of aromatic nitrogens is 2. The molecule has 190 valence electrons. The van der Waals surface area contributed by atoms with E-state index in [9.17, 15) is 18.4 Å². The Balaban J connectivity index is 1.62. The third-order valence-electron chi connectivity index (χ3n) is 5.96. The monoisotopic (exact) mass is 523 g/mol. The highest BCUT2D eigenvalue weighted by molar-refractivity contribution is 6.30. The van der Waals surface area contributed by atoms with Crippen molar-refractivity contribution in [2.75, 3.05) is 0 Å². The van der Waals surface area contributed by atoms with Crippen LogP contribution in [0.15, 0.2) is 60.7 Å². The summed E-state index contributed by atoms with van der Waals surface area (Å²) >= 11 is 6.04. The van der Waals surface area contributed by atoms with Gasteiger partial charge < -0.3 is 10.4 Å². The Hall–Kier alpha value is -3.91. The van der Waals surface area contributed by atoms with E-state index in [1.54, 1.807) is 37.3 Å². The number of fused-ring (bicyclic) bond motifs is 1. The molecule has 0 aliphatic carbocycles. The molecule has 0 saturated heterocycles. The van der Waals surface area contributed by atoms with E-state index in [4.69, 9.17) is 26.7 Å². The second-order valence-corrected chi connectivity index (χ2v) is 9.14. The third kappa shape index (κ3) is 6.46. The van der Waals surface area contributed by atoms with E-state index in [2.05, 4.69) is 5.32 Å². The van der Waals surface area contributed by atoms with E-state index in [0.717, 1.165) is 17.7 Å². The SMILES string of the molecule is C[C@@H](NC(=O)c1ccc2nc(-c3ccc(Cl)cc3)c(CCCCC(=O)O)nc2c1)c1ccc(F)c(F)c1. The van der Waals surface area contributed by atoms with Gasteiger partial charge in [-0.3, -0.25) is 9.59 Å². The molecule has 3 aromatic carbocycles. The van der Waals surface area contributed by atoms with Crippen LogP contribution in [0, 0.1) is 11.6 Å². The number of rotatable bonds is 9. The molecule has 0 spiro atoms. The van der Waals surface area contributed by atoms with Crippen LogP contribution < -0.4 is 5.32 Å². The van der Waals surface area contributed by atoms with Crippen molar-refractivity contribution in [1.82, 2.24) is 15.3 Å². The number of aliphatic carboxylic acids is 1. The maximum Gasteiger partial charge on any atom is 0.303 e. The van der Waals surface area contributed by atoms with Crippen LogP contribution in [0.3, 0.4) is 0 Å². The maximum atomic E-state index is 13.6. The van der Waals surface area contributed by atoms with Crippen LogP contribution in [0.4, 0.5) is 8.78 Å². The molecule has 37 heavy (non-hydrogen) atoms. The molecule has 0 bridgehead atoms. The van der Waals surface area contributed by atoms with Gasteiger partial charge in [0.1, 0.15) is 0 Å². The topological polar surface area (TPSA) is 92.2 Å². The second-order valence-electron chi connectivity index (χ2n) is 8.70. The van der Waals surface area contributed by atoms with Crippen LogP contribution in [0.25, 0.3) is 22.3 Å². The summed E-state index contributed by atoms with van der Waals surface area (Å²) in [5.41, 5.74) is 4.06. The molecular weight excluding hydrogens is 500 g/mol. The molecule has 0 aliphatic rings.